The van der Waals surface area contributed by atoms with Crippen LogP contribution in [-0.2, 0) is 0 Å². The van der Waals surface area contributed by atoms with Crippen LogP contribution in [0, 0.1) is 11.8 Å². The van der Waals surface area contributed by atoms with Crippen molar-refractivity contribution in [1.29, 1.82) is 0 Å². The van der Waals surface area contributed by atoms with Gasteiger partial charge in [-0.15, -0.1) is 0 Å². The average molecular weight is 687 g/mol. The molecule has 2 aromatic carbocycles. The molecular formula is C42H66N6O2. The van der Waals surface area contributed by atoms with E-state index in [-0.39, 0.29) is 12.1 Å². The van der Waals surface area contributed by atoms with Crippen molar-refractivity contribution in [3.63, 3.8) is 0 Å². The zero-order valence-corrected chi connectivity index (χ0v) is 31.7. The molecule has 2 N–H and O–H groups in total. The van der Waals surface area contributed by atoms with Gasteiger partial charge in [-0.2, -0.15) is 0 Å². The molecule has 3 saturated carbocycles. The molecule has 0 spiro atoms. The maximum Gasteiger partial charge on any atom is 0.322 e. The molecule has 50 heavy (non-hydrogen) atoms. The number of carbonyl (C=O) groups is 2. The fraction of sp³-hybridized carbons (Fsp3) is 0.667. The molecule has 4 amide bonds. The number of hydrogen-bond acceptors (Lipinski definition) is 4. The van der Waals surface area contributed by atoms with E-state index in [9.17, 15) is 9.59 Å². The Morgan fingerprint density at radius 2 is 0.820 bits per heavy atom. The van der Waals surface area contributed by atoms with Crippen LogP contribution in [0.3, 0.4) is 0 Å². The van der Waals surface area contributed by atoms with Crippen LogP contribution < -0.4 is 20.4 Å². The van der Waals surface area contributed by atoms with Gasteiger partial charge in [0, 0.05) is 74.1 Å². The van der Waals surface area contributed by atoms with Crippen LogP contribution in [0.1, 0.15) is 118 Å². The van der Waals surface area contributed by atoms with Gasteiger partial charge in [-0.3, -0.25) is 0 Å². The van der Waals surface area contributed by atoms with Gasteiger partial charge in [0.2, 0.25) is 0 Å². The summed E-state index contributed by atoms with van der Waals surface area (Å²) in [6.07, 6.45) is 16.3. The molecule has 3 aliphatic rings. The second kappa shape index (κ2) is 19.3. The molecule has 0 bridgehead atoms. The lowest BCUT2D eigenvalue weighted by Crippen LogP contribution is -2.48. The highest BCUT2D eigenvalue weighted by molar-refractivity contribution is 5.90. The first-order valence-electron chi connectivity index (χ1n) is 20.3. The Morgan fingerprint density at radius 3 is 1.12 bits per heavy atom. The molecule has 276 valence electrons. The first-order valence-corrected chi connectivity index (χ1v) is 20.3. The van der Waals surface area contributed by atoms with Gasteiger partial charge < -0.3 is 30.2 Å². The second-order valence-corrected chi connectivity index (χ2v) is 15.1. The van der Waals surface area contributed by atoms with Crippen LogP contribution in [0.25, 0.3) is 0 Å². The zero-order valence-electron chi connectivity index (χ0n) is 31.7. The summed E-state index contributed by atoms with van der Waals surface area (Å²) in [5, 5.41) is 6.53. The molecule has 0 heterocycles. The summed E-state index contributed by atoms with van der Waals surface area (Å²) in [7, 11) is 0. The zero-order chi connectivity index (χ0) is 35.3. The normalized spacial score (nSPS) is 20.2. The SMILES string of the molecule is CCN(CC)c1ccc(NC(=O)N(CC2CCC(CN(C(=O)Nc3ccc(N(CC)CC)cc3)C3CCCCC3)CC2)C2CCCCC2)cc1. The van der Waals surface area contributed by atoms with Crippen LogP contribution in [0.15, 0.2) is 48.5 Å². The van der Waals surface area contributed by atoms with E-state index in [0.29, 0.717) is 23.9 Å². The van der Waals surface area contributed by atoms with Crippen LogP contribution in [0.2, 0.25) is 0 Å². The van der Waals surface area contributed by atoms with Gasteiger partial charge in [0.05, 0.1) is 0 Å². The maximum atomic E-state index is 13.9. The number of amides is 4. The van der Waals surface area contributed by atoms with Gasteiger partial charge in [0.15, 0.2) is 0 Å². The quantitative estimate of drug-likeness (QED) is 0.208. The minimum absolute atomic E-state index is 0.0555. The van der Waals surface area contributed by atoms with E-state index < -0.39 is 0 Å². The highest BCUT2D eigenvalue weighted by atomic mass is 16.2. The molecule has 8 heteroatoms. The van der Waals surface area contributed by atoms with Crippen molar-refractivity contribution in [2.45, 2.75) is 130 Å². The van der Waals surface area contributed by atoms with E-state index in [2.05, 4.69) is 82.2 Å². The molecule has 3 aliphatic carbocycles. The summed E-state index contributed by atoms with van der Waals surface area (Å²) < 4.78 is 0. The van der Waals surface area contributed by atoms with Crippen LogP contribution in [-0.4, -0.2) is 73.2 Å². The number of nitrogens with one attached hydrogen (secondary N) is 2. The van der Waals surface area contributed by atoms with Gasteiger partial charge in [-0.05, 0) is 139 Å². The molecule has 0 aromatic heterocycles. The Kier molecular flexibility index (Phi) is 14.6. The number of benzene rings is 2. The third-order valence-electron chi connectivity index (χ3n) is 11.9. The third kappa shape index (κ3) is 10.3. The molecule has 2 aromatic rings. The van der Waals surface area contributed by atoms with E-state index in [1.807, 2.05) is 24.3 Å². The number of anilines is 4. The van der Waals surface area contributed by atoms with Crippen molar-refractivity contribution in [2.24, 2.45) is 11.8 Å². The van der Waals surface area contributed by atoms with Crippen LogP contribution in [0.4, 0.5) is 32.3 Å². The predicted octanol–water partition coefficient (Wildman–Crippen LogP) is 10.2. The largest absolute Gasteiger partial charge is 0.372 e. The highest BCUT2D eigenvalue weighted by Gasteiger charge is 2.33. The van der Waals surface area contributed by atoms with E-state index in [4.69, 9.17) is 0 Å². The number of urea groups is 2. The first-order chi connectivity index (χ1) is 24.4. The van der Waals surface area contributed by atoms with Gasteiger partial charge in [0.25, 0.3) is 0 Å². The third-order valence-corrected chi connectivity index (χ3v) is 11.9. The Morgan fingerprint density at radius 1 is 0.500 bits per heavy atom. The molecule has 0 saturated heterocycles. The summed E-state index contributed by atoms with van der Waals surface area (Å²) in [6, 6.07) is 17.4. The van der Waals surface area contributed by atoms with Crippen molar-refractivity contribution < 1.29 is 9.59 Å². The van der Waals surface area contributed by atoms with Crippen LogP contribution >= 0.6 is 0 Å². The van der Waals surface area contributed by atoms with E-state index in [1.54, 1.807) is 0 Å². The monoisotopic (exact) mass is 687 g/mol. The molecule has 5 rings (SSSR count). The number of carbonyl (C=O) groups excluding carboxylic acids is 2. The van der Waals surface area contributed by atoms with Gasteiger partial charge in [-0.1, -0.05) is 38.5 Å². The molecule has 0 aliphatic heterocycles. The molecule has 0 radical (unpaired) electrons. The van der Waals surface area contributed by atoms with Crippen molar-refractivity contribution in [2.75, 3.05) is 59.7 Å². The summed E-state index contributed by atoms with van der Waals surface area (Å²) in [5.74, 6) is 1.01. The molecule has 3 fully saturated rings. The Hall–Kier alpha value is -3.42. The molecule has 8 nitrogen and oxygen atoms in total. The Bertz CT molecular complexity index is 1190. The summed E-state index contributed by atoms with van der Waals surface area (Å²) in [4.78, 5) is 36.7. The van der Waals surface area contributed by atoms with Gasteiger partial charge in [0.1, 0.15) is 0 Å². The van der Waals surface area contributed by atoms with E-state index in [1.165, 1.54) is 49.9 Å². The topological polar surface area (TPSA) is 71.2 Å². The molecule has 0 unspecified atom stereocenters. The summed E-state index contributed by atoms with van der Waals surface area (Å²) >= 11 is 0. The highest BCUT2D eigenvalue weighted by Crippen LogP contribution is 2.34. The lowest BCUT2D eigenvalue weighted by atomic mass is 9.80. The number of nitrogens with zero attached hydrogens (tertiary/aromatic N) is 4. The van der Waals surface area contributed by atoms with Crippen molar-refractivity contribution >= 4 is 34.8 Å². The Labute approximate surface area is 303 Å². The predicted molar refractivity (Wildman–Crippen MR) is 211 cm³/mol. The van der Waals surface area contributed by atoms with Crippen molar-refractivity contribution in [3.8, 4) is 0 Å². The van der Waals surface area contributed by atoms with Gasteiger partial charge in [-0.25, -0.2) is 9.59 Å². The fourth-order valence-electron chi connectivity index (χ4n) is 8.81. The average Bonchev–Trinajstić information content (AvgIpc) is 3.16. The number of hydrogen-bond donors (Lipinski definition) is 2. The maximum absolute atomic E-state index is 13.9. The molecule has 0 atom stereocenters. The van der Waals surface area contributed by atoms with Gasteiger partial charge >= 0.3 is 12.1 Å². The minimum atomic E-state index is 0.0555. The number of rotatable bonds is 14. The fourth-order valence-corrected chi connectivity index (χ4v) is 8.81. The standard InChI is InChI=1S/C42H66N6O2/c1-5-45(6-2)37-27-23-35(24-28-37)43-41(49)47(39-15-11-9-12-16-39)31-33-19-21-34(22-20-33)32-48(40-17-13-10-14-18-40)42(50)44-36-25-29-38(30-26-36)46(7-3)8-4/h23-30,33-34,39-40H,5-22,31-32H2,1-4H3,(H,43,49)(H,44,50). The smallest absolute Gasteiger partial charge is 0.322 e. The van der Waals surface area contributed by atoms with E-state index in [0.717, 1.165) is 102 Å². The van der Waals surface area contributed by atoms with Crippen molar-refractivity contribution in [1.82, 2.24) is 9.80 Å². The summed E-state index contributed by atoms with van der Waals surface area (Å²) in [5.41, 5.74) is 4.13. The first kappa shape index (κ1) is 37.8. The van der Waals surface area contributed by atoms with Crippen molar-refractivity contribution in [3.05, 3.63) is 48.5 Å². The second-order valence-electron chi connectivity index (χ2n) is 15.1. The van der Waals surface area contributed by atoms with E-state index >= 15 is 0 Å². The lowest BCUT2D eigenvalue weighted by Gasteiger charge is -2.40. The lowest BCUT2D eigenvalue weighted by molar-refractivity contribution is 0.117. The Balaban J connectivity index is 1.18. The molecular weight excluding hydrogens is 621 g/mol. The van der Waals surface area contributed by atoms with Crippen LogP contribution in [0.5, 0.6) is 0 Å². The summed E-state index contributed by atoms with van der Waals surface area (Å²) in [6.45, 7) is 14.2. The minimum Gasteiger partial charge on any atom is -0.372 e.